The Balaban J connectivity index is 1.93. The van der Waals surface area contributed by atoms with Crippen LogP contribution in [0.15, 0.2) is 24.3 Å². The molecule has 0 bridgehead atoms. The van der Waals surface area contributed by atoms with Crippen molar-refractivity contribution < 1.29 is 0 Å². The van der Waals surface area contributed by atoms with E-state index in [4.69, 9.17) is 11.6 Å². The lowest BCUT2D eigenvalue weighted by Crippen LogP contribution is -2.48. The molecule has 1 fully saturated rings. The maximum absolute atomic E-state index is 5.85. The van der Waals surface area contributed by atoms with Crippen LogP contribution in [-0.2, 0) is 6.54 Å². The fourth-order valence-electron chi connectivity index (χ4n) is 2.00. The molecule has 1 aliphatic heterocycles. The minimum absolute atomic E-state index is 0.603. The first-order valence-electron chi connectivity index (χ1n) is 5.44. The predicted octanol–water partition coefficient (Wildman–Crippen LogP) is 2.13. The summed E-state index contributed by atoms with van der Waals surface area (Å²) in [5.74, 6) is 0. The zero-order chi connectivity index (χ0) is 10.7. The van der Waals surface area contributed by atoms with Crippen molar-refractivity contribution >= 4 is 11.6 Å². The Bertz CT molecular complexity index is 310. The van der Waals surface area contributed by atoms with Crippen LogP contribution in [0.2, 0.25) is 5.02 Å². The van der Waals surface area contributed by atoms with E-state index in [9.17, 15) is 0 Å². The molecular formula is C12H17ClN2. The van der Waals surface area contributed by atoms with Crippen molar-refractivity contribution in [1.29, 1.82) is 0 Å². The highest BCUT2D eigenvalue weighted by atomic mass is 35.5. The zero-order valence-corrected chi connectivity index (χ0v) is 9.80. The van der Waals surface area contributed by atoms with Crippen molar-refractivity contribution in [1.82, 2.24) is 10.2 Å². The normalized spacial score (nSPS) is 22.9. The lowest BCUT2D eigenvalue weighted by molar-refractivity contribution is 0.199. The van der Waals surface area contributed by atoms with Crippen LogP contribution < -0.4 is 5.32 Å². The molecule has 1 saturated heterocycles. The Morgan fingerprint density at radius 2 is 2.13 bits per heavy atom. The minimum Gasteiger partial charge on any atom is -0.312 e. The van der Waals surface area contributed by atoms with Gasteiger partial charge in [0.25, 0.3) is 0 Å². The molecule has 0 aliphatic carbocycles. The average Bonchev–Trinajstić information content (AvgIpc) is 2.22. The third-order valence-electron chi connectivity index (χ3n) is 2.77. The first kappa shape index (κ1) is 10.9. The van der Waals surface area contributed by atoms with Crippen LogP contribution in [0.3, 0.4) is 0 Å². The van der Waals surface area contributed by atoms with Gasteiger partial charge >= 0.3 is 0 Å². The Labute approximate surface area is 96.2 Å². The van der Waals surface area contributed by atoms with Gasteiger partial charge in [0, 0.05) is 37.2 Å². The summed E-state index contributed by atoms with van der Waals surface area (Å²) in [5, 5.41) is 4.26. The molecule has 3 heteroatoms. The molecule has 2 nitrogen and oxygen atoms in total. The first-order chi connectivity index (χ1) is 7.24. The van der Waals surface area contributed by atoms with Crippen LogP contribution in [0.1, 0.15) is 12.5 Å². The average molecular weight is 225 g/mol. The highest BCUT2D eigenvalue weighted by Gasteiger charge is 2.15. The molecule has 1 aliphatic rings. The molecule has 0 unspecified atom stereocenters. The van der Waals surface area contributed by atoms with Gasteiger partial charge in [-0.3, -0.25) is 4.90 Å². The summed E-state index contributed by atoms with van der Waals surface area (Å²) in [7, 11) is 0. The molecule has 1 aromatic rings. The number of hydrogen-bond donors (Lipinski definition) is 1. The molecule has 0 saturated carbocycles. The topological polar surface area (TPSA) is 15.3 Å². The highest BCUT2D eigenvalue weighted by molar-refractivity contribution is 6.30. The van der Waals surface area contributed by atoms with Gasteiger partial charge in [0.1, 0.15) is 0 Å². The van der Waals surface area contributed by atoms with E-state index in [0.29, 0.717) is 6.04 Å². The van der Waals surface area contributed by atoms with Gasteiger partial charge in [-0.25, -0.2) is 0 Å². The van der Waals surface area contributed by atoms with Crippen molar-refractivity contribution in [2.24, 2.45) is 0 Å². The second-order valence-electron chi connectivity index (χ2n) is 4.22. The Morgan fingerprint density at radius 3 is 2.80 bits per heavy atom. The Hall–Kier alpha value is -0.570. The van der Waals surface area contributed by atoms with Gasteiger partial charge in [-0.2, -0.15) is 0 Å². The molecule has 15 heavy (non-hydrogen) atoms. The number of rotatable bonds is 2. The number of nitrogens with one attached hydrogen (secondary N) is 1. The fraction of sp³-hybridized carbons (Fsp3) is 0.500. The SMILES string of the molecule is C[C@@H]1CN(Cc2ccc(Cl)cc2)CCN1. The van der Waals surface area contributed by atoms with E-state index >= 15 is 0 Å². The molecule has 1 N–H and O–H groups in total. The van der Waals surface area contributed by atoms with Gasteiger partial charge in [0.2, 0.25) is 0 Å². The van der Waals surface area contributed by atoms with Crippen molar-refractivity contribution in [3.8, 4) is 0 Å². The van der Waals surface area contributed by atoms with Gasteiger partial charge in [-0.15, -0.1) is 0 Å². The molecule has 0 spiro atoms. The minimum atomic E-state index is 0.603. The largest absolute Gasteiger partial charge is 0.312 e. The van der Waals surface area contributed by atoms with E-state index in [2.05, 4.69) is 29.3 Å². The molecule has 1 heterocycles. The molecule has 2 rings (SSSR count). The monoisotopic (exact) mass is 224 g/mol. The molecule has 0 aromatic heterocycles. The standard InChI is InChI=1S/C12H17ClN2/c1-10-8-15(7-6-14-10)9-11-2-4-12(13)5-3-11/h2-5,10,14H,6-9H2,1H3/t10-/m1/s1. The number of benzene rings is 1. The maximum Gasteiger partial charge on any atom is 0.0406 e. The van der Waals surface area contributed by atoms with Crippen molar-refractivity contribution in [3.63, 3.8) is 0 Å². The zero-order valence-electron chi connectivity index (χ0n) is 9.04. The second kappa shape index (κ2) is 4.97. The molecule has 82 valence electrons. The number of piperazine rings is 1. The number of halogens is 1. The summed E-state index contributed by atoms with van der Waals surface area (Å²) >= 11 is 5.85. The Morgan fingerprint density at radius 1 is 1.40 bits per heavy atom. The van der Waals surface area contributed by atoms with E-state index in [-0.39, 0.29) is 0 Å². The van der Waals surface area contributed by atoms with Gasteiger partial charge in [-0.05, 0) is 24.6 Å². The second-order valence-corrected chi connectivity index (χ2v) is 4.65. The van der Waals surface area contributed by atoms with Crippen LogP contribution in [-0.4, -0.2) is 30.6 Å². The van der Waals surface area contributed by atoms with Crippen LogP contribution in [0, 0.1) is 0 Å². The summed E-state index contributed by atoms with van der Waals surface area (Å²) in [5.41, 5.74) is 1.34. The Kier molecular flexibility index (Phi) is 3.62. The lowest BCUT2D eigenvalue weighted by Gasteiger charge is -2.31. The maximum atomic E-state index is 5.85. The van der Waals surface area contributed by atoms with E-state index in [1.807, 2.05) is 12.1 Å². The molecule has 0 amide bonds. The highest BCUT2D eigenvalue weighted by Crippen LogP contribution is 2.12. The predicted molar refractivity (Wildman–Crippen MR) is 64.2 cm³/mol. The van der Waals surface area contributed by atoms with Crippen molar-refractivity contribution in [2.75, 3.05) is 19.6 Å². The molecule has 1 aromatic carbocycles. The van der Waals surface area contributed by atoms with Crippen LogP contribution in [0.5, 0.6) is 0 Å². The lowest BCUT2D eigenvalue weighted by atomic mass is 10.1. The van der Waals surface area contributed by atoms with Crippen LogP contribution in [0.25, 0.3) is 0 Å². The fourth-order valence-corrected chi connectivity index (χ4v) is 2.13. The van der Waals surface area contributed by atoms with Crippen molar-refractivity contribution in [2.45, 2.75) is 19.5 Å². The first-order valence-corrected chi connectivity index (χ1v) is 5.82. The summed E-state index contributed by atoms with van der Waals surface area (Å²) in [6.45, 7) is 6.61. The third-order valence-corrected chi connectivity index (χ3v) is 3.02. The van der Waals surface area contributed by atoms with Crippen LogP contribution in [0.4, 0.5) is 0 Å². The van der Waals surface area contributed by atoms with E-state index in [1.54, 1.807) is 0 Å². The quantitative estimate of drug-likeness (QED) is 0.828. The van der Waals surface area contributed by atoms with Gasteiger partial charge < -0.3 is 5.32 Å². The summed E-state index contributed by atoms with van der Waals surface area (Å²) in [6, 6.07) is 8.74. The third kappa shape index (κ3) is 3.20. The van der Waals surface area contributed by atoms with Crippen LogP contribution >= 0.6 is 11.6 Å². The molecule has 1 atom stereocenters. The summed E-state index contributed by atoms with van der Waals surface area (Å²) in [4.78, 5) is 2.48. The van der Waals surface area contributed by atoms with Gasteiger partial charge in [0.15, 0.2) is 0 Å². The van der Waals surface area contributed by atoms with E-state index in [1.165, 1.54) is 5.56 Å². The molecular weight excluding hydrogens is 208 g/mol. The van der Waals surface area contributed by atoms with Gasteiger partial charge in [-0.1, -0.05) is 23.7 Å². The van der Waals surface area contributed by atoms with Gasteiger partial charge in [0.05, 0.1) is 0 Å². The summed E-state index contributed by atoms with van der Waals surface area (Å²) in [6.07, 6.45) is 0. The summed E-state index contributed by atoms with van der Waals surface area (Å²) < 4.78 is 0. The number of hydrogen-bond acceptors (Lipinski definition) is 2. The van der Waals surface area contributed by atoms with E-state index in [0.717, 1.165) is 31.2 Å². The van der Waals surface area contributed by atoms with Crippen molar-refractivity contribution in [3.05, 3.63) is 34.9 Å². The number of nitrogens with zero attached hydrogens (tertiary/aromatic N) is 1. The van der Waals surface area contributed by atoms with E-state index < -0.39 is 0 Å². The molecule has 0 radical (unpaired) electrons. The smallest absolute Gasteiger partial charge is 0.0406 e.